The fourth-order valence-corrected chi connectivity index (χ4v) is 1.86. The van der Waals surface area contributed by atoms with Gasteiger partial charge in [-0.05, 0) is 18.2 Å². The van der Waals surface area contributed by atoms with Crippen LogP contribution < -0.4 is 0 Å². The molecule has 0 saturated heterocycles. The zero-order chi connectivity index (χ0) is 14.2. The van der Waals surface area contributed by atoms with E-state index < -0.39 is 11.7 Å². The average molecular weight is 308 g/mol. The normalized spacial score (nSPS) is 11.6. The molecule has 2 rings (SSSR count). The van der Waals surface area contributed by atoms with Gasteiger partial charge in [0.2, 0.25) is 0 Å². The molecule has 0 radical (unpaired) electrons. The maximum Gasteiger partial charge on any atom is 0.417 e. The molecule has 1 aromatic heterocycles. The number of hydrogen-bond donors (Lipinski definition) is 1. The maximum atomic E-state index is 12.5. The predicted molar refractivity (Wildman–Crippen MR) is 66.4 cm³/mol. The predicted octanol–water partition coefficient (Wildman–Crippen LogP) is 4.78. The van der Waals surface area contributed by atoms with E-state index in [-0.39, 0.29) is 21.5 Å². The molecule has 0 unspecified atom stereocenters. The van der Waals surface area contributed by atoms with Crippen LogP contribution in [0.25, 0.3) is 11.3 Å². The lowest BCUT2D eigenvalue weighted by atomic mass is 10.1. The summed E-state index contributed by atoms with van der Waals surface area (Å²) in [5.41, 5.74) is -0.415. The number of aromatic nitrogens is 1. The van der Waals surface area contributed by atoms with Crippen LogP contribution in [0, 0.1) is 0 Å². The summed E-state index contributed by atoms with van der Waals surface area (Å²) in [5, 5.41) is 9.43. The van der Waals surface area contributed by atoms with Gasteiger partial charge in [0.25, 0.3) is 0 Å². The molecular weight excluding hydrogens is 302 g/mol. The lowest BCUT2D eigenvalue weighted by molar-refractivity contribution is -0.137. The number of aromatic hydroxyl groups is 1. The standard InChI is InChI=1S/C12H6Cl2F3NO/c13-8-2-1-6(3-10(8)19)11-9(14)4-7(5-18-11)12(15,16)17/h1-5,19H. The first-order valence-electron chi connectivity index (χ1n) is 5.00. The van der Waals surface area contributed by atoms with E-state index in [0.29, 0.717) is 11.8 Å². The van der Waals surface area contributed by atoms with Crippen molar-refractivity contribution in [3.8, 4) is 17.0 Å². The van der Waals surface area contributed by atoms with Gasteiger partial charge in [0.1, 0.15) is 5.75 Å². The number of pyridine rings is 1. The summed E-state index contributed by atoms with van der Waals surface area (Å²) in [5.74, 6) is -0.197. The Morgan fingerprint density at radius 1 is 1.05 bits per heavy atom. The Morgan fingerprint density at radius 3 is 2.26 bits per heavy atom. The second kappa shape index (κ2) is 4.90. The van der Waals surface area contributed by atoms with Gasteiger partial charge in [0.05, 0.1) is 21.3 Å². The van der Waals surface area contributed by atoms with E-state index >= 15 is 0 Å². The molecule has 100 valence electrons. The van der Waals surface area contributed by atoms with Crippen molar-refractivity contribution < 1.29 is 18.3 Å². The van der Waals surface area contributed by atoms with Crippen LogP contribution in [0.3, 0.4) is 0 Å². The van der Waals surface area contributed by atoms with Crippen LogP contribution in [0.15, 0.2) is 30.5 Å². The fourth-order valence-electron chi connectivity index (χ4n) is 1.47. The van der Waals surface area contributed by atoms with Crippen LogP contribution >= 0.6 is 23.2 Å². The minimum absolute atomic E-state index is 0.131. The minimum Gasteiger partial charge on any atom is -0.506 e. The third-order valence-electron chi connectivity index (χ3n) is 2.39. The van der Waals surface area contributed by atoms with Crippen LogP contribution in [-0.2, 0) is 6.18 Å². The zero-order valence-corrected chi connectivity index (χ0v) is 10.7. The first kappa shape index (κ1) is 14.0. The smallest absolute Gasteiger partial charge is 0.417 e. The molecule has 2 aromatic rings. The van der Waals surface area contributed by atoms with Crippen molar-refractivity contribution in [1.82, 2.24) is 4.98 Å². The van der Waals surface area contributed by atoms with E-state index in [1.54, 1.807) is 0 Å². The Hall–Kier alpha value is -1.46. The molecule has 0 amide bonds. The van der Waals surface area contributed by atoms with Crippen molar-refractivity contribution in [2.24, 2.45) is 0 Å². The number of benzene rings is 1. The lowest BCUT2D eigenvalue weighted by Gasteiger charge is -2.09. The van der Waals surface area contributed by atoms with Gasteiger partial charge in [-0.1, -0.05) is 29.3 Å². The first-order chi connectivity index (χ1) is 8.79. The van der Waals surface area contributed by atoms with Gasteiger partial charge >= 0.3 is 6.18 Å². The number of nitrogens with zero attached hydrogens (tertiary/aromatic N) is 1. The molecule has 0 aliphatic heterocycles. The van der Waals surface area contributed by atoms with Crippen molar-refractivity contribution in [1.29, 1.82) is 0 Å². The molecule has 1 N–H and O–H groups in total. The van der Waals surface area contributed by atoms with Crippen LogP contribution in [0.5, 0.6) is 5.75 Å². The molecule has 1 aromatic carbocycles. The zero-order valence-electron chi connectivity index (χ0n) is 9.17. The monoisotopic (exact) mass is 307 g/mol. The molecule has 1 heterocycles. The topological polar surface area (TPSA) is 33.1 Å². The molecule has 0 spiro atoms. The fraction of sp³-hybridized carbons (Fsp3) is 0.0833. The molecular formula is C12H6Cl2F3NO. The molecule has 19 heavy (non-hydrogen) atoms. The maximum absolute atomic E-state index is 12.5. The Kier molecular flexibility index (Phi) is 3.60. The highest BCUT2D eigenvalue weighted by Crippen LogP contribution is 2.35. The summed E-state index contributed by atoms with van der Waals surface area (Å²) in [7, 11) is 0. The van der Waals surface area contributed by atoms with Crippen LogP contribution in [0.1, 0.15) is 5.56 Å². The van der Waals surface area contributed by atoms with Crippen molar-refractivity contribution in [2.75, 3.05) is 0 Å². The summed E-state index contributed by atoms with van der Waals surface area (Å²) in [4.78, 5) is 3.68. The lowest BCUT2D eigenvalue weighted by Crippen LogP contribution is -2.05. The highest BCUT2D eigenvalue weighted by Gasteiger charge is 2.31. The van der Waals surface area contributed by atoms with E-state index in [1.807, 2.05) is 0 Å². The Labute approximate surface area is 116 Å². The molecule has 0 fully saturated rings. The van der Waals surface area contributed by atoms with Crippen LogP contribution in [-0.4, -0.2) is 10.1 Å². The number of rotatable bonds is 1. The van der Waals surface area contributed by atoms with E-state index in [0.717, 1.165) is 6.07 Å². The van der Waals surface area contributed by atoms with Gasteiger partial charge in [-0.3, -0.25) is 4.98 Å². The summed E-state index contributed by atoms with van der Waals surface area (Å²) in [6.45, 7) is 0. The Balaban J connectivity index is 2.49. The molecule has 2 nitrogen and oxygen atoms in total. The summed E-state index contributed by atoms with van der Waals surface area (Å²) in [6.07, 6.45) is -3.82. The summed E-state index contributed by atoms with van der Waals surface area (Å²) >= 11 is 11.4. The number of halogens is 5. The second-order valence-electron chi connectivity index (χ2n) is 3.72. The molecule has 0 bridgehead atoms. The SMILES string of the molecule is Oc1cc(-c2ncc(C(F)(F)F)cc2Cl)ccc1Cl. The van der Waals surface area contributed by atoms with Crippen LogP contribution in [0.2, 0.25) is 10.0 Å². The summed E-state index contributed by atoms with van der Waals surface area (Å²) in [6, 6.07) is 4.98. The van der Waals surface area contributed by atoms with Gasteiger partial charge in [0, 0.05) is 11.8 Å². The number of alkyl halides is 3. The number of phenols is 1. The molecule has 7 heteroatoms. The van der Waals surface area contributed by atoms with Gasteiger partial charge in [-0.2, -0.15) is 13.2 Å². The van der Waals surface area contributed by atoms with Crippen molar-refractivity contribution >= 4 is 23.2 Å². The minimum atomic E-state index is -4.50. The number of hydrogen-bond acceptors (Lipinski definition) is 2. The van der Waals surface area contributed by atoms with Crippen molar-refractivity contribution in [3.63, 3.8) is 0 Å². The highest BCUT2D eigenvalue weighted by atomic mass is 35.5. The van der Waals surface area contributed by atoms with Crippen LogP contribution in [0.4, 0.5) is 13.2 Å². The van der Waals surface area contributed by atoms with E-state index in [4.69, 9.17) is 23.2 Å². The first-order valence-corrected chi connectivity index (χ1v) is 5.76. The quantitative estimate of drug-likeness (QED) is 0.822. The van der Waals surface area contributed by atoms with E-state index in [2.05, 4.69) is 4.98 Å². The van der Waals surface area contributed by atoms with Gasteiger partial charge < -0.3 is 5.11 Å². The third-order valence-corrected chi connectivity index (χ3v) is 3.00. The molecule has 0 saturated carbocycles. The molecule has 0 aliphatic carbocycles. The van der Waals surface area contributed by atoms with Crippen molar-refractivity contribution in [2.45, 2.75) is 6.18 Å². The van der Waals surface area contributed by atoms with Gasteiger partial charge in [-0.15, -0.1) is 0 Å². The third kappa shape index (κ3) is 2.93. The molecule has 0 aliphatic rings. The van der Waals surface area contributed by atoms with E-state index in [9.17, 15) is 18.3 Å². The average Bonchev–Trinajstić information content (AvgIpc) is 2.31. The van der Waals surface area contributed by atoms with E-state index in [1.165, 1.54) is 18.2 Å². The second-order valence-corrected chi connectivity index (χ2v) is 4.53. The number of phenolic OH excluding ortho intramolecular Hbond substituents is 1. The van der Waals surface area contributed by atoms with Crippen molar-refractivity contribution in [3.05, 3.63) is 46.1 Å². The van der Waals surface area contributed by atoms with Gasteiger partial charge in [0.15, 0.2) is 0 Å². The largest absolute Gasteiger partial charge is 0.506 e. The Bertz CT molecular complexity index is 629. The Morgan fingerprint density at radius 2 is 1.74 bits per heavy atom. The molecule has 0 atom stereocenters. The summed E-state index contributed by atoms with van der Waals surface area (Å²) < 4.78 is 37.4. The van der Waals surface area contributed by atoms with Gasteiger partial charge in [-0.25, -0.2) is 0 Å². The highest BCUT2D eigenvalue weighted by molar-refractivity contribution is 6.33.